The van der Waals surface area contributed by atoms with E-state index >= 15 is 0 Å². The molecular formula is C18H14F3N3O2. The van der Waals surface area contributed by atoms with Gasteiger partial charge in [0, 0.05) is 23.8 Å². The van der Waals surface area contributed by atoms with Crippen LogP contribution in [0.2, 0.25) is 0 Å². The predicted molar refractivity (Wildman–Crippen MR) is 88.6 cm³/mol. The van der Waals surface area contributed by atoms with E-state index in [-0.39, 0.29) is 5.56 Å². The zero-order valence-electron chi connectivity index (χ0n) is 13.3. The van der Waals surface area contributed by atoms with Crippen molar-refractivity contribution in [1.29, 1.82) is 0 Å². The maximum atomic E-state index is 12.6. The lowest BCUT2D eigenvalue weighted by Gasteiger charge is -2.13. The maximum absolute atomic E-state index is 12.6. The number of amides is 1. The molecule has 0 radical (unpaired) electrons. The van der Waals surface area contributed by atoms with Crippen LogP contribution < -0.4 is 5.32 Å². The molecule has 134 valence electrons. The molecular weight excluding hydrogens is 347 g/mol. The van der Waals surface area contributed by atoms with E-state index in [2.05, 4.69) is 10.3 Å². The van der Waals surface area contributed by atoms with E-state index in [4.69, 9.17) is 0 Å². The molecule has 8 heteroatoms. The molecule has 1 amide bonds. The van der Waals surface area contributed by atoms with Gasteiger partial charge in [0.05, 0.1) is 11.9 Å². The summed E-state index contributed by atoms with van der Waals surface area (Å²) in [6.07, 6.45) is -1.02. The Hall–Kier alpha value is -3.13. The van der Waals surface area contributed by atoms with Gasteiger partial charge < -0.3 is 15.0 Å². The van der Waals surface area contributed by atoms with Crippen LogP contribution in [-0.4, -0.2) is 20.6 Å². The van der Waals surface area contributed by atoms with Gasteiger partial charge in [0.1, 0.15) is 0 Å². The van der Waals surface area contributed by atoms with E-state index in [1.165, 1.54) is 0 Å². The maximum Gasteiger partial charge on any atom is 0.416 e. The van der Waals surface area contributed by atoms with E-state index in [9.17, 15) is 23.1 Å². The Morgan fingerprint density at radius 3 is 2.27 bits per heavy atom. The number of carbonyl (C=O) groups is 1. The summed E-state index contributed by atoms with van der Waals surface area (Å²) < 4.78 is 39.4. The van der Waals surface area contributed by atoms with Gasteiger partial charge in [-0.15, -0.1) is 0 Å². The molecule has 0 aliphatic carbocycles. The molecule has 3 rings (SSSR count). The number of nitrogens with zero attached hydrogens (tertiary/aromatic N) is 2. The average molecular weight is 361 g/mol. The SMILES string of the molecule is O=C(Nc1ccc(-n2ccnc2)cc1)C(O)c1ccc(C(F)(F)F)cc1. The number of benzene rings is 2. The number of aliphatic hydroxyl groups excluding tert-OH is 1. The monoisotopic (exact) mass is 361 g/mol. The first-order chi connectivity index (χ1) is 12.3. The van der Waals surface area contributed by atoms with E-state index in [0.29, 0.717) is 5.69 Å². The fourth-order valence-electron chi connectivity index (χ4n) is 2.35. The van der Waals surface area contributed by atoms with Crippen molar-refractivity contribution < 1.29 is 23.1 Å². The Morgan fingerprint density at radius 2 is 1.73 bits per heavy atom. The van der Waals surface area contributed by atoms with Crippen molar-refractivity contribution in [3.63, 3.8) is 0 Å². The molecule has 0 spiro atoms. The van der Waals surface area contributed by atoms with Gasteiger partial charge >= 0.3 is 6.18 Å². The summed E-state index contributed by atoms with van der Waals surface area (Å²) >= 11 is 0. The number of aromatic nitrogens is 2. The topological polar surface area (TPSA) is 67.2 Å². The van der Waals surface area contributed by atoms with Crippen molar-refractivity contribution in [2.45, 2.75) is 12.3 Å². The van der Waals surface area contributed by atoms with Crippen molar-refractivity contribution in [1.82, 2.24) is 9.55 Å². The van der Waals surface area contributed by atoms with Gasteiger partial charge in [0.15, 0.2) is 6.10 Å². The lowest BCUT2D eigenvalue weighted by atomic mass is 10.1. The van der Waals surface area contributed by atoms with Gasteiger partial charge in [-0.3, -0.25) is 4.79 Å². The quantitative estimate of drug-likeness (QED) is 0.747. The van der Waals surface area contributed by atoms with E-state index < -0.39 is 23.8 Å². The van der Waals surface area contributed by atoms with Crippen LogP contribution in [0.3, 0.4) is 0 Å². The van der Waals surface area contributed by atoms with E-state index in [0.717, 1.165) is 30.0 Å². The third kappa shape index (κ3) is 3.92. The van der Waals surface area contributed by atoms with Gasteiger partial charge in [0.2, 0.25) is 0 Å². The Labute approximate surface area is 146 Å². The number of hydrogen-bond acceptors (Lipinski definition) is 3. The summed E-state index contributed by atoms with van der Waals surface area (Å²) in [6.45, 7) is 0. The van der Waals surface area contributed by atoms with Crippen LogP contribution in [0.4, 0.5) is 18.9 Å². The molecule has 1 aromatic heterocycles. The Bertz CT molecular complexity index is 874. The van der Waals surface area contributed by atoms with Gasteiger partial charge in [-0.25, -0.2) is 4.98 Å². The Balaban J connectivity index is 1.67. The van der Waals surface area contributed by atoms with Crippen LogP contribution in [0.25, 0.3) is 5.69 Å². The Morgan fingerprint density at radius 1 is 1.08 bits per heavy atom. The highest BCUT2D eigenvalue weighted by Crippen LogP contribution is 2.30. The number of hydrogen-bond donors (Lipinski definition) is 2. The number of alkyl halides is 3. The van der Waals surface area contributed by atoms with Gasteiger partial charge in [-0.1, -0.05) is 12.1 Å². The summed E-state index contributed by atoms with van der Waals surface area (Å²) in [5, 5.41) is 12.6. The molecule has 0 aliphatic heterocycles. The molecule has 0 saturated heterocycles. The third-order valence-electron chi connectivity index (χ3n) is 3.74. The first kappa shape index (κ1) is 17.7. The van der Waals surface area contributed by atoms with Crippen LogP contribution >= 0.6 is 0 Å². The third-order valence-corrected chi connectivity index (χ3v) is 3.74. The molecule has 1 heterocycles. The van der Waals surface area contributed by atoms with Crippen molar-refractivity contribution in [2.24, 2.45) is 0 Å². The second-order valence-electron chi connectivity index (χ2n) is 5.53. The predicted octanol–water partition coefficient (Wildman–Crippen LogP) is 3.56. The number of nitrogens with one attached hydrogen (secondary N) is 1. The van der Waals surface area contributed by atoms with E-state index in [1.54, 1.807) is 47.6 Å². The second kappa shape index (κ2) is 7.01. The zero-order valence-corrected chi connectivity index (χ0v) is 13.3. The lowest BCUT2D eigenvalue weighted by molar-refractivity contribution is -0.137. The highest BCUT2D eigenvalue weighted by Gasteiger charge is 2.30. The van der Waals surface area contributed by atoms with Crippen molar-refractivity contribution in [3.05, 3.63) is 78.4 Å². The molecule has 0 fully saturated rings. The van der Waals surface area contributed by atoms with Gasteiger partial charge in [0.25, 0.3) is 5.91 Å². The standard InChI is InChI=1S/C18H14F3N3O2/c19-18(20,21)13-3-1-12(2-4-13)16(25)17(26)23-14-5-7-15(8-6-14)24-10-9-22-11-24/h1-11,16,25H,(H,23,26). The lowest BCUT2D eigenvalue weighted by Crippen LogP contribution is -2.21. The molecule has 2 N–H and O–H groups in total. The minimum Gasteiger partial charge on any atom is -0.378 e. The number of aliphatic hydroxyl groups is 1. The molecule has 26 heavy (non-hydrogen) atoms. The molecule has 3 aromatic rings. The summed E-state index contributed by atoms with van der Waals surface area (Å²) in [4.78, 5) is 16.0. The van der Waals surface area contributed by atoms with Crippen LogP contribution in [-0.2, 0) is 11.0 Å². The fourth-order valence-corrected chi connectivity index (χ4v) is 2.35. The summed E-state index contributed by atoms with van der Waals surface area (Å²) in [5.41, 5.74) is 0.517. The minimum absolute atomic E-state index is 0.0746. The second-order valence-corrected chi connectivity index (χ2v) is 5.53. The summed E-state index contributed by atoms with van der Waals surface area (Å²) in [6, 6.07) is 10.6. The summed E-state index contributed by atoms with van der Waals surface area (Å²) in [5.74, 6) is -0.736. The zero-order chi connectivity index (χ0) is 18.7. The fraction of sp³-hybridized carbons (Fsp3) is 0.111. The van der Waals surface area contributed by atoms with Crippen molar-refractivity contribution >= 4 is 11.6 Å². The molecule has 0 aliphatic rings. The van der Waals surface area contributed by atoms with Gasteiger partial charge in [-0.05, 0) is 42.0 Å². The van der Waals surface area contributed by atoms with Gasteiger partial charge in [-0.2, -0.15) is 13.2 Å². The Kier molecular flexibility index (Phi) is 4.77. The smallest absolute Gasteiger partial charge is 0.378 e. The normalized spacial score (nSPS) is 12.6. The van der Waals surface area contributed by atoms with Crippen LogP contribution in [0.15, 0.2) is 67.3 Å². The molecule has 0 saturated carbocycles. The number of halogens is 3. The summed E-state index contributed by atoms with van der Waals surface area (Å²) in [7, 11) is 0. The molecule has 1 atom stereocenters. The highest BCUT2D eigenvalue weighted by molar-refractivity contribution is 5.94. The molecule has 2 aromatic carbocycles. The first-order valence-electron chi connectivity index (χ1n) is 7.59. The number of anilines is 1. The molecule has 1 unspecified atom stereocenters. The van der Waals surface area contributed by atoms with E-state index in [1.807, 2.05) is 0 Å². The number of imidazole rings is 1. The largest absolute Gasteiger partial charge is 0.416 e. The first-order valence-corrected chi connectivity index (χ1v) is 7.59. The highest BCUT2D eigenvalue weighted by atomic mass is 19.4. The number of rotatable bonds is 4. The number of carbonyl (C=O) groups excluding carboxylic acids is 1. The minimum atomic E-state index is -4.47. The molecule has 0 bridgehead atoms. The average Bonchev–Trinajstić information content (AvgIpc) is 3.16. The van der Waals surface area contributed by atoms with Crippen LogP contribution in [0.5, 0.6) is 0 Å². The molecule has 5 nitrogen and oxygen atoms in total. The van der Waals surface area contributed by atoms with Crippen LogP contribution in [0.1, 0.15) is 17.2 Å². The van der Waals surface area contributed by atoms with Crippen molar-refractivity contribution in [3.8, 4) is 5.69 Å². The van der Waals surface area contributed by atoms with Crippen LogP contribution in [0, 0.1) is 0 Å². The van der Waals surface area contributed by atoms with Crippen molar-refractivity contribution in [2.75, 3.05) is 5.32 Å².